The Morgan fingerprint density at radius 2 is 2.10 bits per heavy atom. The fourth-order valence-corrected chi connectivity index (χ4v) is 3.62. The lowest BCUT2D eigenvalue weighted by Crippen LogP contribution is -2.54. The number of ether oxygens (including phenoxy) is 2. The van der Waals surface area contributed by atoms with Crippen LogP contribution in [-0.4, -0.2) is 55.2 Å². The molecular weight excluding hydrogens is 268 g/mol. The number of carbonyl (C=O) groups excluding carboxylic acids is 1. The number of rotatable bonds is 2. The molecule has 4 nitrogen and oxygen atoms in total. The quantitative estimate of drug-likeness (QED) is 0.778. The summed E-state index contributed by atoms with van der Waals surface area (Å²) in [6.45, 7) is 1.73. The number of amides is 1. The van der Waals surface area contributed by atoms with Gasteiger partial charge in [0.05, 0.1) is 18.3 Å². The van der Waals surface area contributed by atoms with Crippen LogP contribution in [-0.2, 0) is 14.3 Å². The van der Waals surface area contributed by atoms with Crippen molar-refractivity contribution in [2.24, 2.45) is 5.92 Å². The average molecular weight is 289 g/mol. The summed E-state index contributed by atoms with van der Waals surface area (Å²) < 4.78 is 37.0. The van der Waals surface area contributed by atoms with Gasteiger partial charge in [-0.05, 0) is 12.8 Å². The van der Waals surface area contributed by atoms with Gasteiger partial charge in [0.15, 0.2) is 0 Å². The number of methoxy groups -OCH3 is 1. The number of nitrogens with zero attached hydrogens (tertiary/aromatic N) is 1. The molecule has 1 aliphatic carbocycles. The van der Waals surface area contributed by atoms with Gasteiger partial charge in [-0.2, -0.15) is 0 Å². The van der Waals surface area contributed by atoms with Crippen LogP contribution in [0, 0.1) is 5.92 Å². The Morgan fingerprint density at radius 1 is 1.35 bits per heavy atom. The van der Waals surface area contributed by atoms with E-state index in [-0.39, 0.29) is 30.5 Å². The van der Waals surface area contributed by atoms with E-state index in [2.05, 4.69) is 0 Å². The summed E-state index contributed by atoms with van der Waals surface area (Å²) in [6.07, 6.45) is 2.06. The zero-order valence-corrected chi connectivity index (χ0v) is 11.7. The Labute approximate surface area is 117 Å². The largest absolute Gasteiger partial charge is 0.379 e. The lowest BCUT2D eigenvalue weighted by molar-refractivity contribution is -0.165. The van der Waals surface area contributed by atoms with Crippen molar-refractivity contribution >= 4 is 5.91 Å². The molecule has 1 amide bonds. The molecule has 2 heterocycles. The van der Waals surface area contributed by atoms with E-state index in [4.69, 9.17) is 9.47 Å². The van der Waals surface area contributed by atoms with Crippen molar-refractivity contribution < 1.29 is 23.0 Å². The van der Waals surface area contributed by atoms with E-state index in [0.717, 1.165) is 19.3 Å². The third kappa shape index (κ3) is 2.55. The summed E-state index contributed by atoms with van der Waals surface area (Å²) >= 11 is 0. The normalized spacial score (nSPS) is 37.1. The first-order valence-corrected chi connectivity index (χ1v) is 7.26. The lowest BCUT2D eigenvalue weighted by Gasteiger charge is -2.43. The molecule has 20 heavy (non-hydrogen) atoms. The molecule has 3 rings (SSSR count). The number of piperidine rings is 1. The predicted octanol–water partition coefficient (Wildman–Crippen LogP) is 1.83. The Bertz CT molecular complexity index is 396. The van der Waals surface area contributed by atoms with E-state index in [0.29, 0.717) is 19.7 Å². The number of hydrogen-bond donors (Lipinski definition) is 0. The highest BCUT2D eigenvalue weighted by Gasteiger charge is 2.52. The van der Waals surface area contributed by atoms with Crippen LogP contribution in [0.2, 0.25) is 0 Å². The molecule has 0 N–H and O–H groups in total. The molecule has 2 aliphatic heterocycles. The molecule has 0 aromatic heterocycles. The SMILES string of the molecule is CO[C@@H]1CO[C@@]2(CCCN(C(=O)C3CC(F)(F)C3)C2)C1. The summed E-state index contributed by atoms with van der Waals surface area (Å²) in [5.41, 5.74) is -0.319. The molecule has 0 aromatic carbocycles. The van der Waals surface area contributed by atoms with E-state index in [1.165, 1.54) is 0 Å². The smallest absolute Gasteiger partial charge is 0.249 e. The van der Waals surface area contributed by atoms with E-state index < -0.39 is 11.8 Å². The van der Waals surface area contributed by atoms with Gasteiger partial charge in [0.25, 0.3) is 0 Å². The number of likely N-dealkylation sites (tertiary alicyclic amines) is 1. The number of carbonyl (C=O) groups is 1. The van der Waals surface area contributed by atoms with Gasteiger partial charge in [-0.25, -0.2) is 8.78 Å². The number of hydrogen-bond acceptors (Lipinski definition) is 3. The summed E-state index contributed by atoms with van der Waals surface area (Å²) in [5.74, 6) is -3.27. The van der Waals surface area contributed by atoms with Crippen molar-refractivity contribution in [3.63, 3.8) is 0 Å². The molecule has 0 aromatic rings. The first-order valence-electron chi connectivity index (χ1n) is 7.26. The molecule has 0 unspecified atom stereocenters. The summed E-state index contributed by atoms with van der Waals surface area (Å²) in [5, 5.41) is 0. The van der Waals surface area contributed by atoms with Crippen molar-refractivity contribution in [2.75, 3.05) is 26.8 Å². The molecule has 1 saturated carbocycles. The van der Waals surface area contributed by atoms with Gasteiger partial charge < -0.3 is 14.4 Å². The maximum absolute atomic E-state index is 12.9. The Kier molecular flexibility index (Phi) is 3.49. The first kappa shape index (κ1) is 14.2. The van der Waals surface area contributed by atoms with Gasteiger partial charge in [0, 0.05) is 45.4 Å². The van der Waals surface area contributed by atoms with Crippen LogP contribution >= 0.6 is 0 Å². The summed E-state index contributed by atoms with van der Waals surface area (Å²) in [4.78, 5) is 14.0. The molecule has 3 fully saturated rings. The number of alkyl halides is 2. The second kappa shape index (κ2) is 4.91. The lowest BCUT2D eigenvalue weighted by atomic mass is 9.79. The first-order chi connectivity index (χ1) is 9.43. The van der Waals surface area contributed by atoms with Crippen molar-refractivity contribution in [1.29, 1.82) is 0 Å². The van der Waals surface area contributed by atoms with Crippen LogP contribution in [0.25, 0.3) is 0 Å². The predicted molar refractivity (Wildman–Crippen MR) is 67.6 cm³/mol. The average Bonchev–Trinajstić information content (AvgIpc) is 2.78. The minimum atomic E-state index is -2.64. The fraction of sp³-hybridized carbons (Fsp3) is 0.929. The molecule has 2 atom stereocenters. The van der Waals surface area contributed by atoms with E-state index >= 15 is 0 Å². The molecule has 114 valence electrons. The zero-order valence-electron chi connectivity index (χ0n) is 11.7. The molecular formula is C14H21F2NO3. The van der Waals surface area contributed by atoms with Crippen LogP contribution in [0.15, 0.2) is 0 Å². The van der Waals surface area contributed by atoms with Crippen molar-refractivity contribution in [3.8, 4) is 0 Å². The topological polar surface area (TPSA) is 38.8 Å². The Balaban J connectivity index is 1.60. The van der Waals surface area contributed by atoms with Gasteiger partial charge in [-0.15, -0.1) is 0 Å². The van der Waals surface area contributed by atoms with Crippen molar-refractivity contribution in [1.82, 2.24) is 4.90 Å². The molecule has 3 aliphatic rings. The van der Waals surface area contributed by atoms with Gasteiger partial charge in [-0.3, -0.25) is 4.79 Å². The van der Waals surface area contributed by atoms with Crippen LogP contribution < -0.4 is 0 Å². The molecule has 6 heteroatoms. The maximum atomic E-state index is 12.9. The second-order valence-corrected chi connectivity index (χ2v) is 6.38. The molecule has 1 spiro atoms. The minimum Gasteiger partial charge on any atom is -0.379 e. The molecule has 2 saturated heterocycles. The van der Waals surface area contributed by atoms with Crippen LogP contribution in [0.3, 0.4) is 0 Å². The zero-order chi connectivity index (χ0) is 14.4. The number of halogens is 2. The monoisotopic (exact) mass is 289 g/mol. The van der Waals surface area contributed by atoms with Crippen LogP contribution in [0.1, 0.15) is 32.1 Å². The van der Waals surface area contributed by atoms with Crippen LogP contribution in [0.4, 0.5) is 8.78 Å². The minimum absolute atomic E-state index is 0.0816. The molecule has 0 bridgehead atoms. The highest BCUT2D eigenvalue weighted by atomic mass is 19.3. The van der Waals surface area contributed by atoms with E-state index in [1.54, 1.807) is 12.0 Å². The third-order valence-electron chi connectivity index (χ3n) is 4.80. The Hall–Kier alpha value is -0.750. The second-order valence-electron chi connectivity index (χ2n) is 6.38. The summed E-state index contributed by atoms with van der Waals surface area (Å²) in [7, 11) is 1.66. The highest BCUT2D eigenvalue weighted by Crippen LogP contribution is 2.44. The van der Waals surface area contributed by atoms with Gasteiger partial charge >= 0.3 is 0 Å². The van der Waals surface area contributed by atoms with E-state index in [1.807, 2.05) is 0 Å². The standard InChI is InChI=1S/C14H21F2NO3/c1-19-11-7-13(20-8-11)3-2-4-17(9-13)12(18)10-5-14(15,16)6-10/h10-11H,2-9H2,1H3/t11-,13-/m0/s1. The van der Waals surface area contributed by atoms with Crippen LogP contribution in [0.5, 0.6) is 0 Å². The van der Waals surface area contributed by atoms with Crippen molar-refractivity contribution in [3.05, 3.63) is 0 Å². The van der Waals surface area contributed by atoms with Gasteiger partial charge in [0.2, 0.25) is 11.8 Å². The van der Waals surface area contributed by atoms with Gasteiger partial charge in [-0.1, -0.05) is 0 Å². The van der Waals surface area contributed by atoms with Crippen molar-refractivity contribution in [2.45, 2.75) is 49.7 Å². The van der Waals surface area contributed by atoms with Gasteiger partial charge in [0.1, 0.15) is 0 Å². The van der Waals surface area contributed by atoms with E-state index in [9.17, 15) is 13.6 Å². The summed E-state index contributed by atoms with van der Waals surface area (Å²) in [6, 6.07) is 0. The highest BCUT2D eigenvalue weighted by molar-refractivity contribution is 5.80. The third-order valence-corrected chi connectivity index (χ3v) is 4.80. The molecule has 0 radical (unpaired) electrons. The fourth-order valence-electron chi connectivity index (χ4n) is 3.62. The maximum Gasteiger partial charge on any atom is 0.249 e. The Morgan fingerprint density at radius 3 is 2.70 bits per heavy atom.